The van der Waals surface area contributed by atoms with Gasteiger partial charge in [-0.25, -0.2) is 4.98 Å². The standard InChI is InChI=1S/C22H19ClN2/c1-2-18(15-7-4-3-5-8-15)19-9-6-10-20-21(19)25-22(24-20)16-11-13-17(23)14-12-16/h3-14,18H,2H2,1H3,(H,24,25). The highest BCUT2D eigenvalue weighted by atomic mass is 35.5. The Labute approximate surface area is 152 Å². The van der Waals surface area contributed by atoms with Crippen molar-refractivity contribution in [3.8, 4) is 11.4 Å². The molecular weight excluding hydrogens is 328 g/mol. The monoisotopic (exact) mass is 346 g/mol. The number of para-hydroxylation sites is 1. The zero-order valence-electron chi connectivity index (χ0n) is 14.0. The Balaban J connectivity index is 1.83. The molecule has 0 aliphatic heterocycles. The number of imidazole rings is 1. The Bertz CT molecular complexity index is 988. The number of benzene rings is 3. The summed E-state index contributed by atoms with van der Waals surface area (Å²) >= 11 is 6.00. The quantitative estimate of drug-likeness (QED) is 0.453. The van der Waals surface area contributed by atoms with Crippen LogP contribution in [0.15, 0.2) is 72.8 Å². The average Bonchev–Trinajstić information content (AvgIpc) is 3.09. The molecule has 25 heavy (non-hydrogen) atoms. The van der Waals surface area contributed by atoms with Crippen molar-refractivity contribution in [3.05, 3.63) is 88.9 Å². The molecule has 1 aromatic heterocycles. The molecule has 2 nitrogen and oxygen atoms in total. The molecule has 0 radical (unpaired) electrons. The first-order valence-electron chi connectivity index (χ1n) is 8.55. The molecular formula is C22H19ClN2. The molecule has 0 fully saturated rings. The molecule has 124 valence electrons. The van der Waals surface area contributed by atoms with Gasteiger partial charge in [0.1, 0.15) is 5.82 Å². The Hall–Kier alpha value is -2.58. The van der Waals surface area contributed by atoms with E-state index in [1.54, 1.807) is 0 Å². The number of rotatable bonds is 4. The highest BCUT2D eigenvalue weighted by Crippen LogP contribution is 2.33. The van der Waals surface area contributed by atoms with Crippen LogP contribution in [0.25, 0.3) is 22.4 Å². The van der Waals surface area contributed by atoms with Crippen LogP contribution in [0, 0.1) is 0 Å². The van der Waals surface area contributed by atoms with Crippen LogP contribution in [0.4, 0.5) is 0 Å². The zero-order valence-corrected chi connectivity index (χ0v) is 14.8. The van der Waals surface area contributed by atoms with Gasteiger partial charge in [0.25, 0.3) is 0 Å². The average molecular weight is 347 g/mol. The predicted octanol–water partition coefficient (Wildman–Crippen LogP) is 6.43. The summed E-state index contributed by atoms with van der Waals surface area (Å²) in [4.78, 5) is 8.36. The summed E-state index contributed by atoms with van der Waals surface area (Å²) in [5.74, 6) is 1.22. The molecule has 4 rings (SSSR count). The van der Waals surface area contributed by atoms with Crippen LogP contribution >= 0.6 is 11.6 Å². The fourth-order valence-corrected chi connectivity index (χ4v) is 3.53. The van der Waals surface area contributed by atoms with E-state index < -0.39 is 0 Å². The molecule has 0 saturated heterocycles. The SMILES string of the molecule is CCC(c1ccccc1)c1cccc2[nH]c(-c3ccc(Cl)cc3)nc12. The fourth-order valence-electron chi connectivity index (χ4n) is 3.40. The third-order valence-corrected chi connectivity index (χ3v) is 4.90. The molecule has 0 saturated carbocycles. The van der Waals surface area contributed by atoms with Crippen LogP contribution in [0.1, 0.15) is 30.4 Å². The molecule has 0 aliphatic carbocycles. The lowest BCUT2D eigenvalue weighted by atomic mass is 9.88. The third-order valence-electron chi connectivity index (χ3n) is 4.65. The first kappa shape index (κ1) is 15.9. The Kier molecular flexibility index (Phi) is 4.29. The number of aromatic nitrogens is 2. The summed E-state index contributed by atoms with van der Waals surface area (Å²) in [6.45, 7) is 2.23. The molecule has 1 unspecified atom stereocenters. The van der Waals surface area contributed by atoms with E-state index in [0.717, 1.165) is 33.9 Å². The minimum atomic E-state index is 0.339. The van der Waals surface area contributed by atoms with Crippen LogP contribution < -0.4 is 0 Å². The topological polar surface area (TPSA) is 28.7 Å². The van der Waals surface area contributed by atoms with Crippen molar-refractivity contribution < 1.29 is 0 Å². The maximum Gasteiger partial charge on any atom is 0.138 e. The van der Waals surface area contributed by atoms with Crippen molar-refractivity contribution in [2.24, 2.45) is 0 Å². The van der Waals surface area contributed by atoms with Crippen molar-refractivity contribution in [2.75, 3.05) is 0 Å². The minimum Gasteiger partial charge on any atom is -0.338 e. The number of fused-ring (bicyclic) bond motifs is 1. The van der Waals surface area contributed by atoms with Crippen molar-refractivity contribution in [1.82, 2.24) is 9.97 Å². The summed E-state index contributed by atoms with van der Waals surface area (Å²) in [6, 6.07) is 24.8. The highest BCUT2D eigenvalue weighted by molar-refractivity contribution is 6.30. The number of halogens is 1. The summed E-state index contributed by atoms with van der Waals surface area (Å²) < 4.78 is 0. The Morgan fingerprint density at radius 1 is 0.920 bits per heavy atom. The Morgan fingerprint density at radius 3 is 2.40 bits per heavy atom. The van der Waals surface area contributed by atoms with E-state index in [-0.39, 0.29) is 0 Å². The van der Waals surface area contributed by atoms with Gasteiger partial charge in [-0.15, -0.1) is 0 Å². The molecule has 1 atom stereocenters. The second-order valence-electron chi connectivity index (χ2n) is 6.21. The minimum absolute atomic E-state index is 0.339. The van der Waals surface area contributed by atoms with Gasteiger partial charge in [-0.1, -0.05) is 61.0 Å². The van der Waals surface area contributed by atoms with E-state index in [1.165, 1.54) is 11.1 Å². The van der Waals surface area contributed by atoms with Gasteiger partial charge in [-0.05, 0) is 47.9 Å². The molecule has 0 amide bonds. The zero-order chi connectivity index (χ0) is 17.2. The molecule has 1 heterocycles. The number of aromatic amines is 1. The molecule has 1 N–H and O–H groups in total. The number of H-pyrrole nitrogens is 1. The lowest BCUT2D eigenvalue weighted by molar-refractivity contribution is 0.782. The van der Waals surface area contributed by atoms with Gasteiger partial charge in [0, 0.05) is 16.5 Å². The summed E-state index contributed by atoms with van der Waals surface area (Å²) in [7, 11) is 0. The van der Waals surface area contributed by atoms with Crippen LogP contribution in [-0.2, 0) is 0 Å². The molecule has 0 bridgehead atoms. The van der Waals surface area contributed by atoms with Crippen molar-refractivity contribution in [2.45, 2.75) is 19.3 Å². The largest absolute Gasteiger partial charge is 0.338 e. The number of nitrogens with one attached hydrogen (secondary N) is 1. The van der Waals surface area contributed by atoms with Crippen LogP contribution in [0.5, 0.6) is 0 Å². The number of nitrogens with zero attached hydrogens (tertiary/aromatic N) is 1. The van der Waals surface area contributed by atoms with Gasteiger partial charge in [-0.3, -0.25) is 0 Å². The van der Waals surface area contributed by atoms with Gasteiger partial charge in [-0.2, -0.15) is 0 Å². The van der Waals surface area contributed by atoms with Gasteiger partial charge in [0.2, 0.25) is 0 Å². The molecule has 3 aromatic carbocycles. The maximum absolute atomic E-state index is 6.00. The fraction of sp³-hybridized carbons (Fsp3) is 0.136. The first-order valence-corrected chi connectivity index (χ1v) is 8.93. The van der Waals surface area contributed by atoms with Gasteiger partial charge in [0.05, 0.1) is 11.0 Å². The van der Waals surface area contributed by atoms with Crippen LogP contribution in [0.3, 0.4) is 0 Å². The third kappa shape index (κ3) is 3.06. The second-order valence-corrected chi connectivity index (χ2v) is 6.64. The molecule has 0 aliphatic rings. The van der Waals surface area contributed by atoms with Crippen LogP contribution in [-0.4, -0.2) is 9.97 Å². The molecule has 0 spiro atoms. The lowest BCUT2D eigenvalue weighted by Crippen LogP contribution is -2.00. The van der Waals surface area contributed by atoms with Crippen LogP contribution in [0.2, 0.25) is 5.02 Å². The first-order chi connectivity index (χ1) is 12.3. The van der Waals surface area contributed by atoms with E-state index in [0.29, 0.717) is 5.92 Å². The summed E-state index contributed by atoms with van der Waals surface area (Å²) in [5.41, 5.74) is 5.75. The van der Waals surface area contributed by atoms with Crippen molar-refractivity contribution >= 4 is 22.6 Å². The van der Waals surface area contributed by atoms with E-state index >= 15 is 0 Å². The van der Waals surface area contributed by atoms with Gasteiger partial charge in [0.15, 0.2) is 0 Å². The van der Waals surface area contributed by atoms with Gasteiger partial charge < -0.3 is 4.98 Å². The molecule has 4 aromatic rings. The van der Waals surface area contributed by atoms with Crippen molar-refractivity contribution in [3.63, 3.8) is 0 Å². The van der Waals surface area contributed by atoms with E-state index in [2.05, 4.69) is 60.4 Å². The normalized spacial score (nSPS) is 12.4. The molecule has 3 heteroatoms. The number of hydrogen-bond acceptors (Lipinski definition) is 1. The summed E-state index contributed by atoms with van der Waals surface area (Å²) in [5, 5.41) is 0.732. The smallest absolute Gasteiger partial charge is 0.138 e. The maximum atomic E-state index is 6.00. The second kappa shape index (κ2) is 6.73. The van der Waals surface area contributed by atoms with E-state index in [9.17, 15) is 0 Å². The highest BCUT2D eigenvalue weighted by Gasteiger charge is 2.17. The Morgan fingerprint density at radius 2 is 1.68 bits per heavy atom. The number of hydrogen-bond donors (Lipinski definition) is 1. The van der Waals surface area contributed by atoms with Crippen molar-refractivity contribution in [1.29, 1.82) is 0 Å². The summed E-state index contributed by atoms with van der Waals surface area (Å²) in [6.07, 6.45) is 1.03. The van der Waals surface area contributed by atoms with E-state index in [4.69, 9.17) is 16.6 Å². The van der Waals surface area contributed by atoms with Gasteiger partial charge >= 0.3 is 0 Å². The lowest BCUT2D eigenvalue weighted by Gasteiger charge is -2.16. The predicted molar refractivity (Wildman–Crippen MR) is 105 cm³/mol. The van der Waals surface area contributed by atoms with E-state index in [1.807, 2.05) is 24.3 Å².